The zero-order valence-electron chi connectivity index (χ0n) is 18.7. The van der Waals surface area contributed by atoms with Crippen LogP contribution in [0.5, 0.6) is 0 Å². The van der Waals surface area contributed by atoms with Gasteiger partial charge in [-0.15, -0.1) is 11.3 Å². The summed E-state index contributed by atoms with van der Waals surface area (Å²) in [6, 6.07) is 16.5. The SMILES string of the molecule is CCCCC(CN1CCN(Cc2ccc(Cl)cc2)CC1)C(=C=O)c1csc2ccccc12. The van der Waals surface area contributed by atoms with Crippen molar-refractivity contribution in [2.24, 2.45) is 5.92 Å². The van der Waals surface area contributed by atoms with Crippen molar-refractivity contribution in [2.75, 3.05) is 32.7 Å². The Morgan fingerprint density at radius 1 is 1.06 bits per heavy atom. The molecule has 0 radical (unpaired) electrons. The summed E-state index contributed by atoms with van der Waals surface area (Å²) in [5, 5.41) is 4.12. The largest absolute Gasteiger partial charge is 0.300 e. The third-order valence-corrected chi connectivity index (χ3v) is 7.67. The van der Waals surface area contributed by atoms with Crippen LogP contribution in [0.25, 0.3) is 15.7 Å². The minimum Gasteiger partial charge on any atom is -0.300 e. The van der Waals surface area contributed by atoms with Crippen LogP contribution in [0.15, 0.2) is 53.9 Å². The second-order valence-electron chi connectivity index (χ2n) is 8.70. The molecular formula is C27H31ClN2OS. The topological polar surface area (TPSA) is 23.6 Å². The molecular weight excluding hydrogens is 436 g/mol. The van der Waals surface area contributed by atoms with Gasteiger partial charge in [0.15, 0.2) is 0 Å². The van der Waals surface area contributed by atoms with Crippen LogP contribution in [0.1, 0.15) is 37.3 Å². The highest BCUT2D eigenvalue weighted by atomic mass is 35.5. The first-order valence-corrected chi connectivity index (χ1v) is 12.8. The number of nitrogens with zero attached hydrogens (tertiary/aromatic N) is 2. The summed E-state index contributed by atoms with van der Waals surface area (Å²) in [7, 11) is 0. The molecule has 0 amide bonds. The molecule has 1 saturated heterocycles. The lowest BCUT2D eigenvalue weighted by Crippen LogP contribution is -2.47. The van der Waals surface area contributed by atoms with Crippen molar-refractivity contribution in [1.29, 1.82) is 0 Å². The second-order valence-corrected chi connectivity index (χ2v) is 10.1. The van der Waals surface area contributed by atoms with Crippen molar-refractivity contribution < 1.29 is 4.79 Å². The van der Waals surface area contributed by atoms with E-state index in [0.717, 1.165) is 74.7 Å². The molecule has 1 unspecified atom stereocenters. The highest BCUT2D eigenvalue weighted by Gasteiger charge is 2.25. The van der Waals surface area contributed by atoms with Crippen LogP contribution < -0.4 is 0 Å². The van der Waals surface area contributed by atoms with Gasteiger partial charge < -0.3 is 4.90 Å². The number of hydrogen-bond acceptors (Lipinski definition) is 4. The molecule has 1 aliphatic heterocycles. The van der Waals surface area contributed by atoms with Gasteiger partial charge in [0.05, 0.1) is 0 Å². The van der Waals surface area contributed by atoms with Crippen molar-refractivity contribution in [3.63, 3.8) is 0 Å². The molecule has 5 heteroatoms. The highest BCUT2D eigenvalue weighted by Crippen LogP contribution is 2.35. The number of hydrogen-bond donors (Lipinski definition) is 0. The van der Waals surface area contributed by atoms with Gasteiger partial charge in [0.25, 0.3) is 0 Å². The van der Waals surface area contributed by atoms with Gasteiger partial charge in [0.2, 0.25) is 0 Å². The Kier molecular flexibility index (Phi) is 8.18. The highest BCUT2D eigenvalue weighted by molar-refractivity contribution is 7.17. The first kappa shape index (κ1) is 23.2. The zero-order chi connectivity index (χ0) is 22.3. The number of thiophene rings is 1. The number of piperazine rings is 1. The van der Waals surface area contributed by atoms with Crippen LogP contribution in [0.3, 0.4) is 0 Å². The van der Waals surface area contributed by atoms with E-state index < -0.39 is 0 Å². The van der Waals surface area contributed by atoms with E-state index in [1.165, 1.54) is 15.6 Å². The molecule has 2 aromatic carbocycles. The van der Waals surface area contributed by atoms with E-state index in [4.69, 9.17) is 11.6 Å². The molecule has 0 saturated carbocycles. The maximum Gasteiger partial charge on any atom is 0.128 e. The normalized spacial score (nSPS) is 16.2. The van der Waals surface area contributed by atoms with Crippen molar-refractivity contribution in [2.45, 2.75) is 32.7 Å². The average molecular weight is 467 g/mol. The predicted molar refractivity (Wildman–Crippen MR) is 137 cm³/mol. The third-order valence-electron chi connectivity index (χ3n) is 6.46. The number of unbranched alkanes of at least 4 members (excludes halogenated alkanes) is 1. The second kappa shape index (κ2) is 11.3. The van der Waals surface area contributed by atoms with E-state index in [-0.39, 0.29) is 5.92 Å². The van der Waals surface area contributed by atoms with E-state index in [1.54, 1.807) is 11.3 Å². The fourth-order valence-electron chi connectivity index (χ4n) is 4.61. The Morgan fingerprint density at radius 3 is 2.50 bits per heavy atom. The number of fused-ring (bicyclic) bond motifs is 1. The standard InChI is InChI=1S/C27H31ClN2OS/c1-2-3-6-22(25(19-31)26-20-32-27-8-5-4-7-24(26)27)18-30-15-13-29(14-16-30)17-21-9-11-23(28)12-10-21/h4-5,7-12,20,22H,2-3,6,13-18H2,1H3. The molecule has 1 aliphatic rings. The smallest absolute Gasteiger partial charge is 0.128 e. The molecule has 0 N–H and O–H groups in total. The van der Waals surface area contributed by atoms with Crippen molar-refractivity contribution in [3.05, 3.63) is 70.1 Å². The van der Waals surface area contributed by atoms with E-state index in [1.807, 2.05) is 12.1 Å². The van der Waals surface area contributed by atoms with Gasteiger partial charge in [-0.1, -0.05) is 61.7 Å². The summed E-state index contributed by atoms with van der Waals surface area (Å²) in [5.74, 6) is 2.60. The maximum atomic E-state index is 12.2. The fourth-order valence-corrected chi connectivity index (χ4v) is 5.70. The maximum absolute atomic E-state index is 12.2. The van der Waals surface area contributed by atoms with Crippen LogP contribution in [-0.4, -0.2) is 48.5 Å². The lowest BCUT2D eigenvalue weighted by Gasteiger charge is -2.36. The van der Waals surface area contributed by atoms with E-state index >= 15 is 0 Å². The van der Waals surface area contributed by atoms with Gasteiger partial charge in [0.1, 0.15) is 5.94 Å². The minimum absolute atomic E-state index is 0.230. The van der Waals surface area contributed by atoms with Gasteiger partial charge in [0, 0.05) is 76.8 Å². The molecule has 0 aliphatic carbocycles. The summed E-state index contributed by atoms with van der Waals surface area (Å²) in [6.07, 6.45) is 3.31. The lowest BCUT2D eigenvalue weighted by atomic mass is 9.88. The Labute approximate surface area is 200 Å². The van der Waals surface area contributed by atoms with Crippen LogP contribution in [0.2, 0.25) is 5.02 Å². The van der Waals surface area contributed by atoms with Gasteiger partial charge in [-0.3, -0.25) is 4.90 Å². The van der Waals surface area contributed by atoms with E-state index in [0.29, 0.717) is 0 Å². The molecule has 3 aromatic rings. The molecule has 4 rings (SSSR count). The summed E-state index contributed by atoms with van der Waals surface area (Å²) >= 11 is 7.73. The molecule has 168 valence electrons. The van der Waals surface area contributed by atoms with Gasteiger partial charge in [-0.25, -0.2) is 4.79 Å². The Bertz CT molecular complexity index is 1060. The minimum atomic E-state index is 0.230. The van der Waals surface area contributed by atoms with Crippen molar-refractivity contribution in [3.8, 4) is 0 Å². The molecule has 0 bridgehead atoms. The predicted octanol–water partition coefficient (Wildman–Crippen LogP) is 6.39. The molecule has 32 heavy (non-hydrogen) atoms. The Morgan fingerprint density at radius 2 is 1.78 bits per heavy atom. The molecule has 1 aromatic heterocycles. The molecule has 2 heterocycles. The zero-order valence-corrected chi connectivity index (χ0v) is 20.3. The van der Waals surface area contributed by atoms with Crippen LogP contribution in [0, 0.1) is 5.92 Å². The summed E-state index contributed by atoms with van der Waals surface area (Å²) in [6.45, 7) is 8.28. The van der Waals surface area contributed by atoms with E-state index in [9.17, 15) is 4.79 Å². The van der Waals surface area contributed by atoms with Gasteiger partial charge in [-0.2, -0.15) is 0 Å². The lowest BCUT2D eigenvalue weighted by molar-refractivity contribution is 0.118. The number of carbonyl (C=O) groups excluding carboxylic acids is 1. The fraction of sp³-hybridized carbons (Fsp3) is 0.407. The first-order valence-electron chi connectivity index (χ1n) is 11.6. The van der Waals surface area contributed by atoms with E-state index in [2.05, 4.69) is 64.4 Å². The molecule has 1 atom stereocenters. The van der Waals surface area contributed by atoms with Gasteiger partial charge in [-0.05, 0) is 30.2 Å². The van der Waals surface area contributed by atoms with Gasteiger partial charge >= 0.3 is 0 Å². The van der Waals surface area contributed by atoms with Crippen LogP contribution >= 0.6 is 22.9 Å². The summed E-state index contributed by atoms with van der Waals surface area (Å²) in [4.78, 5) is 17.2. The molecule has 1 fully saturated rings. The van der Waals surface area contributed by atoms with Crippen LogP contribution in [0.4, 0.5) is 0 Å². The number of benzene rings is 2. The monoisotopic (exact) mass is 466 g/mol. The number of rotatable bonds is 9. The molecule has 3 nitrogen and oxygen atoms in total. The van der Waals surface area contributed by atoms with Crippen molar-refractivity contribution in [1.82, 2.24) is 9.80 Å². The first-order chi connectivity index (χ1) is 15.7. The van der Waals surface area contributed by atoms with Crippen LogP contribution in [-0.2, 0) is 11.3 Å². The van der Waals surface area contributed by atoms with Crippen molar-refractivity contribution >= 4 is 44.5 Å². The third kappa shape index (κ3) is 5.70. The average Bonchev–Trinajstić information content (AvgIpc) is 3.24. The number of halogens is 1. The Balaban J connectivity index is 1.41. The molecule has 0 spiro atoms. The Hall–Kier alpha value is -1.94. The summed E-state index contributed by atoms with van der Waals surface area (Å²) in [5.41, 5.74) is 3.25. The quantitative estimate of drug-likeness (QED) is 0.341. The summed E-state index contributed by atoms with van der Waals surface area (Å²) < 4.78 is 1.24.